The third-order valence-electron chi connectivity index (χ3n) is 4.72. The Labute approximate surface area is 146 Å². The Bertz CT molecular complexity index is 699. The van der Waals surface area contributed by atoms with Crippen molar-refractivity contribution in [2.75, 3.05) is 7.05 Å². The molecule has 126 valence electrons. The zero-order valence-electron chi connectivity index (χ0n) is 13.9. The average Bonchev–Trinajstić information content (AvgIpc) is 3.12. The van der Waals surface area contributed by atoms with Crippen LogP contribution < -0.4 is 5.32 Å². The topological polar surface area (TPSA) is 49.4 Å². The van der Waals surface area contributed by atoms with Crippen LogP contribution in [0.15, 0.2) is 47.8 Å². The Balaban J connectivity index is 1.77. The van der Waals surface area contributed by atoms with E-state index in [1.54, 1.807) is 16.2 Å². The molecule has 0 bridgehead atoms. The van der Waals surface area contributed by atoms with Gasteiger partial charge in [-0.2, -0.15) is 0 Å². The number of rotatable bonds is 4. The zero-order chi connectivity index (χ0) is 17.1. The van der Waals surface area contributed by atoms with Gasteiger partial charge in [-0.25, -0.2) is 0 Å². The molecule has 1 fully saturated rings. The Hall–Kier alpha value is -2.14. The number of thiophene rings is 1. The molecule has 24 heavy (non-hydrogen) atoms. The molecule has 4 nitrogen and oxygen atoms in total. The number of carbonyl (C=O) groups excluding carboxylic acids is 2. The van der Waals surface area contributed by atoms with Crippen molar-refractivity contribution in [3.63, 3.8) is 0 Å². The number of hydrogen-bond acceptors (Lipinski definition) is 3. The number of piperidine rings is 1. The monoisotopic (exact) mass is 342 g/mol. The van der Waals surface area contributed by atoms with Gasteiger partial charge in [-0.15, -0.1) is 11.3 Å². The van der Waals surface area contributed by atoms with Crippen molar-refractivity contribution in [3.05, 3.63) is 58.3 Å². The van der Waals surface area contributed by atoms with E-state index in [1.807, 2.05) is 61.8 Å². The number of likely N-dealkylation sites (N-methyl/N-ethyl adjacent to an activating group) is 1. The molecule has 0 spiro atoms. The molecule has 3 atom stereocenters. The van der Waals surface area contributed by atoms with Gasteiger partial charge >= 0.3 is 0 Å². The van der Waals surface area contributed by atoms with Crippen molar-refractivity contribution in [2.24, 2.45) is 0 Å². The lowest BCUT2D eigenvalue weighted by atomic mass is 9.93. The van der Waals surface area contributed by atoms with Crippen LogP contribution in [0.5, 0.6) is 0 Å². The molecule has 1 aliphatic rings. The number of benzene rings is 1. The molecule has 0 saturated carbocycles. The van der Waals surface area contributed by atoms with Crippen molar-refractivity contribution in [3.8, 4) is 0 Å². The molecular weight excluding hydrogens is 320 g/mol. The second-order valence-corrected chi connectivity index (χ2v) is 7.23. The van der Waals surface area contributed by atoms with Crippen molar-refractivity contribution >= 4 is 23.2 Å². The summed E-state index contributed by atoms with van der Waals surface area (Å²) in [5.74, 6) is -0.0661. The molecule has 2 amide bonds. The van der Waals surface area contributed by atoms with Crippen LogP contribution in [-0.4, -0.2) is 29.8 Å². The summed E-state index contributed by atoms with van der Waals surface area (Å²) in [6.07, 6.45) is 1.15. The fraction of sp³-hybridized carbons (Fsp3) is 0.368. The second kappa shape index (κ2) is 7.18. The van der Waals surface area contributed by atoms with Crippen LogP contribution in [0, 0.1) is 0 Å². The van der Waals surface area contributed by atoms with E-state index in [2.05, 4.69) is 5.32 Å². The average molecular weight is 342 g/mol. The molecule has 0 radical (unpaired) electrons. The fourth-order valence-electron chi connectivity index (χ4n) is 3.24. The first-order valence-electron chi connectivity index (χ1n) is 8.22. The molecule has 1 N–H and O–H groups in total. The molecule has 2 aromatic rings. The third kappa shape index (κ3) is 3.36. The summed E-state index contributed by atoms with van der Waals surface area (Å²) in [4.78, 5) is 27.7. The van der Waals surface area contributed by atoms with E-state index in [9.17, 15) is 9.59 Å². The fourth-order valence-corrected chi connectivity index (χ4v) is 4.17. The van der Waals surface area contributed by atoms with Gasteiger partial charge in [0.2, 0.25) is 11.8 Å². The molecule has 3 rings (SSSR count). The minimum Gasteiger partial charge on any atom is -0.350 e. The summed E-state index contributed by atoms with van der Waals surface area (Å²) >= 11 is 1.63. The minimum absolute atomic E-state index is 0.00973. The van der Waals surface area contributed by atoms with E-state index in [1.165, 1.54) is 0 Å². The van der Waals surface area contributed by atoms with Crippen molar-refractivity contribution < 1.29 is 9.59 Å². The molecule has 1 aromatic heterocycles. The van der Waals surface area contributed by atoms with Gasteiger partial charge in [0.25, 0.3) is 0 Å². The number of hydrogen-bond donors (Lipinski definition) is 1. The lowest BCUT2D eigenvalue weighted by Gasteiger charge is -2.39. The van der Waals surface area contributed by atoms with Crippen molar-refractivity contribution in [1.82, 2.24) is 10.2 Å². The van der Waals surface area contributed by atoms with E-state index in [0.29, 0.717) is 12.8 Å². The first kappa shape index (κ1) is 16.7. The Morgan fingerprint density at radius 3 is 2.67 bits per heavy atom. The quantitative estimate of drug-likeness (QED) is 0.926. The van der Waals surface area contributed by atoms with Gasteiger partial charge in [0.15, 0.2) is 0 Å². The molecule has 0 unspecified atom stereocenters. The summed E-state index contributed by atoms with van der Waals surface area (Å²) < 4.78 is 0. The lowest BCUT2D eigenvalue weighted by Crippen LogP contribution is -2.51. The normalized spacial score (nSPS) is 22.2. The Kier molecular flexibility index (Phi) is 5.00. The van der Waals surface area contributed by atoms with Gasteiger partial charge in [0.1, 0.15) is 0 Å². The standard InChI is InChI=1S/C19H22N2O2S/c1-13(14-7-4-3-5-8-14)19(23)20-15-10-11-17(22)21(2)18(15)16-9-6-12-24-16/h3-9,12-13,15,18H,10-11H2,1-2H3,(H,20,23)/t13-,15+,18+/m0/s1. The van der Waals surface area contributed by atoms with Gasteiger partial charge in [-0.1, -0.05) is 36.4 Å². The zero-order valence-corrected chi connectivity index (χ0v) is 14.8. The Morgan fingerprint density at radius 1 is 1.25 bits per heavy atom. The summed E-state index contributed by atoms with van der Waals surface area (Å²) in [5.41, 5.74) is 1.00. The summed E-state index contributed by atoms with van der Waals surface area (Å²) in [5, 5.41) is 5.19. The van der Waals surface area contributed by atoms with Crippen molar-refractivity contribution in [1.29, 1.82) is 0 Å². The SMILES string of the molecule is C[C@H](C(=O)N[C@@H]1CCC(=O)N(C)[C@H]1c1cccs1)c1ccccc1. The second-order valence-electron chi connectivity index (χ2n) is 6.25. The summed E-state index contributed by atoms with van der Waals surface area (Å²) in [6, 6.07) is 13.7. The van der Waals surface area contributed by atoms with E-state index in [0.717, 1.165) is 10.4 Å². The smallest absolute Gasteiger partial charge is 0.227 e. The van der Waals surface area contributed by atoms with Gasteiger partial charge < -0.3 is 10.2 Å². The third-order valence-corrected chi connectivity index (χ3v) is 5.66. The summed E-state index contributed by atoms with van der Waals surface area (Å²) in [6.45, 7) is 1.92. The molecule has 2 heterocycles. The van der Waals surface area contributed by atoms with Crippen LogP contribution in [0.3, 0.4) is 0 Å². The highest BCUT2D eigenvalue weighted by Crippen LogP contribution is 2.33. The van der Waals surface area contributed by atoms with Gasteiger partial charge in [-0.3, -0.25) is 9.59 Å². The van der Waals surface area contributed by atoms with Gasteiger partial charge in [-0.05, 0) is 30.4 Å². The molecule has 5 heteroatoms. The maximum Gasteiger partial charge on any atom is 0.227 e. The summed E-state index contributed by atoms with van der Waals surface area (Å²) in [7, 11) is 1.83. The van der Waals surface area contributed by atoms with Crippen LogP contribution in [0.25, 0.3) is 0 Å². The van der Waals surface area contributed by atoms with Crippen LogP contribution in [0.1, 0.15) is 42.2 Å². The number of amides is 2. The molecule has 1 aliphatic heterocycles. The van der Waals surface area contributed by atoms with Crippen LogP contribution in [-0.2, 0) is 9.59 Å². The maximum absolute atomic E-state index is 12.7. The van der Waals surface area contributed by atoms with Crippen molar-refractivity contribution in [2.45, 2.75) is 37.8 Å². The molecule has 1 saturated heterocycles. The lowest BCUT2D eigenvalue weighted by molar-refractivity contribution is -0.137. The minimum atomic E-state index is -0.210. The first-order valence-corrected chi connectivity index (χ1v) is 9.10. The Morgan fingerprint density at radius 2 is 2.00 bits per heavy atom. The van der Waals surface area contributed by atoms with E-state index in [4.69, 9.17) is 0 Å². The maximum atomic E-state index is 12.7. The molecule has 0 aliphatic carbocycles. The molecular formula is C19H22N2O2S. The first-order chi connectivity index (χ1) is 11.6. The van der Waals surface area contributed by atoms with Crippen LogP contribution >= 0.6 is 11.3 Å². The van der Waals surface area contributed by atoms with Crippen LogP contribution in [0.2, 0.25) is 0 Å². The van der Waals surface area contributed by atoms with E-state index >= 15 is 0 Å². The highest BCUT2D eigenvalue weighted by molar-refractivity contribution is 7.10. The van der Waals surface area contributed by atoms with E-state index in [-0.39, 0.29) is 29.8 Å². The van der Waals surface area contributed by atoms with Gasteiger partial charge in [0.05, 0.1) is 18.0 Å². The highest BCUT2D eigenvalue weighted by atomic mass is 32.1. The van der Waals surface area contributed by atoms with Gasteiger partial charge in [0, 0.05) is 18.3 Å². The number of nitrogens with zero attached hydrogens (tertiary/aromatic N) is 1. The molecule has 1 aromatic carbocycles. The number of carbonyl (C=O) groups is 2. The van der Waals surface area contributed by atoms with E-state index < -0.39 is 0 Å². The largest absolute Gasteiger partial charge is 0.350 e. The number of nitrogens with one attached hydrogen (secondary N) is 1. The predicted octanol–water partition coefficient (Wildman–Crippen LogP) is 3.33. The van der Waals surface area contributed by atoms with Crippen LogP contribution in [0.4, 0.5) is 0 Å². The highest BCUT2D eigenvalue weighted by Gasteiger charge is 2.36. The predicted molar refractivity (Wildman–Crippen MR) is 95.9 cm³/mol. The number of likely N-dealkylation sites (tertiary alicyclic amines) is 1.